The van der Waals surface area contributed by atoms with E-state index >= 15 is 0 Å². The van der Waals surface area contributed by atoms with Gasteiger partial charge < -0.3 is 20.7 Å². The fourth-order valence-corrected chi connectivity index (χ4v) is 6.67. The Balaban J connectivity index is 1.27. The maximum absolute atomic E-state index is 6.66. The molecule has 1 aliphatic heterocycles. The average Bonchev–Trinajstić information content (AvgIpc) is 2.56. The lowest BCUT2D eigenvalue weighted by Gasteiger charge is -2.59. The highest BCUT2D eigenvalue weighted by Gasteiger charge is 2.53. The van der Waals surface area contributed by atoms with Gasteiger partial charge in [-0.3, -0.25) is 0 Å². The second-order valence-corrected chi connectivity index (χ2v) is 9.71. The van der Waals surface area contributed by atoms with E-state index in [0.717, 1.165) is 30.8 Å². The lowest BCUT2D eigenvalue weighted by Crippen LogP contribution is -2.62. The molecule has 1 heterocycles. The third-order valence-corrected chi connectivity index (χ3v) is 7.31. The molecule has 26 heavy (non-hydrogen) atoms. The van der Waals surface area contributed by atoms with Crippen LogP contribution < -0.4 is 16.0 Å². The van der Waals surface area contributed by atoms with Crippen LogP contribution in [-0.4, -0.2) is 36.9 Å². The maximum Gasteiger partial charge on any atom is 0.0726 e. The number of benzene rings is 1. The Hall–Kier alpha value is -1.26. The Labute approximate surface area is 157 Å². The first kappa shape index (κ1) is 16.9. The highest BCUT2D eigenvalue weighted by molar-refractivity contribution is 5.56. The molecule has 1 aromatic carbocycles. The van der Waals surface area contributed by atoms with Gasteiger partial charge >= 0.3 is 0 Å². The zero-order valence-electron chi connectivity index (χ0n) is 16.2. The van der Waals surface area contributed by atoms with Crippen molar-refractivity contribution in [1.82, 2.24) is 0 Å². The van der Waals surface area contributed by atoms with Crippen molar-refractivity contribution in [3.63, 3.8) is 0 Å². The molecule has 0 radical (unpaired) electrons. The number of hydrogen-bond donors (Lipinski definition) is 2. The predicted molar refractivity (Wildman–Crippen MR) is 107 cm³/mol. The Bertz CT molecular complexity index is 634. The minimum Gasteiger partial charge on any atom is -0.382 e. The summed E-state index contributed by atoms with van der Waals surface area (Å²) >= 11 is 0. The summed E-state index contributed by atoms with van der Waals surface area (Å²) in [6.45, 7) is 6.28. The molecule has 4 saturated carbocycles. The topological polar surface area (TPSA) is 50.5 Å². The summed E-state index contributed by atoms with van der Waals surface area (Å²) in [5, 5.41) is 3.89. The lowest BCUT2D eigenvalue weighted by molar-refractivity contribution is -0.0107. The molecule has 4 unspecified atom stereocenters. The van der Waals surface area contributed by atoms with Crippen molar-refractivity contribution in [2.45, 2.75) is 69.7 Å². The summed E-state index contributed by atoms with van der Waals surface area (Å²) in [6.07, 6.45) is 7.08. The van der Waals surface area contributed by atoms with Crippen LogP contribution in [0.5, 0.6) is 0 Å². The second kappa shape index (κ2) is 6.13. The SMILES string of the molecule is CC1CN(c2ccc(NC3C4CC5CC3CC(N)(C5)C4)cc2)CC(C)O1. The largest absolute Gasteiger partial charge is 0.382 e. The van der Waals surface area contributed by atoms with E-state index in [-0.39, 0.29) is 5.54 Å². The summed E-state index contributed by atoms with van der Waals surface area (Å²) in [5.74, 6) is 2.43. The van der Waals surface area contributed by atoms with Crippen LogP contribution in [0, 0.1) is 17.8 Å². The number of morpholine rings is 1. The minimum absolute atomic E-state index is 0.155. The van der Waals surface area contributed by atoms with Crippen LogP contribution in [0.2, 0.25) is 0 Å². The van der Waals surface area contributed by atoms with E-state index < -0.39 is 0 Å². The normalized spacial score (nSPS) is 44.3. The summed E-state index contributed by atoms with van der Waals surface area (Å²) in [6, 6.07) is 9.70. The first-order valence-corrected chi connectivity index (χ1v) is 10.5. The zero-order valence-corrected chi connectivity index (χ0v) is 16.2. The molecule has 4 heteroatoms. The molecular formula is C22H33N3O. The fraction of sp³-hybridized carbons (Fsp3) is 0.727. The summed E-state index contributed by atoms with van der Waals surface area (Å²) in [7, 11) is 0. The van der Waals surface area contributed by atoms with Crippen molar-refractivity contribution in [2.75, 3.05) is 23.3 Å². The Morgan fingerprint density at radius 2 is 1.62 bits per heavy atom. The Morgan fingerprint density at radius 1 is 1.00 bits per heavy atom. The molecule has 0 aromatic heterocycles. The molecule has 0 amide bonds. The molecule has 142 valence electrons. The third kappa shape index (κ3) is 3.01. The van der Waals surface area contributed by atoms with Crippen LogP contribution in [0.4, 0.5) is 11.4 Å². The molecule has 0 spiro atoms. The monoisotopic (exact) mass is 355 g/mol. The number of ether oxygens (including phenoxy) is 1. The van der Waals surface area contributed by atoms with Gasteiger partial charge in [-0.1, -0.05) is 0 Å². The van der Waals surface area contributed by atoms with Gasteiger partial charge in [-0.2, -0.15) is 0 Å². The predicted octanol–water partition coefficient (Wildman–Crippen LogP) is 3.62. The highest BCUT2D eigenvalue weighted by atomic mass is 16.5. The van der Waals surface area contributed by atoms with Crippen molar-refractivity contribution >= 4 is 11.4 Å². The lowest BCUT2D eigenvalue weighted by atomic mass is 9.51. The fourth-order valence-electron chi connectivity index (χ4n) is 6.67. The standard InChI is InChI=1S/C22H33N3O/c1-14-12-25(13-15(2)26-14)20-5-3-19(4-6-20)24-21-17-7-16-8-18(21)11-22(23,9-16)10-17/h3-6,14-18,21,24H,7-13,23H2,1-2H3. The van der Waals surface area contributed by atoms with Gasteiger partial charge in [0.15, 0.2) is 0 Å². The van der Waals surface area contributed by atoms with E-state index in [4.69, 9.17) is 10.5 Å². The molecule has 4 nitrogen and oxygen atoms in total. The molecule has 1 aromatic rings. The summed E-state index contributed by atoms with van der Waals surface area (Å²) < 4.78 is 5.86. The molecule has 4 bridgehead atoms. The van der Waals surface area contributed by atoms with E-state index in [0.29, 0.717) is 18.2 Å². The van der Waals surface area contributed by atoms with Crippen LogP contribution >= 0.6 is 0 Å². The number of anilines is 2. The highest BCUT2D eigenvalue weighted by Crippen LogP contribution is 2.55. The molecule has 4 atom stereocenters. The van der Waals surface area contributed by atoms with Gasteiger partial charge in [0.2, 0.25) is 0 Å². The molecule has 5 fully saturated rings. The summed E-state index contributed by atoms with van der Waals surface area (Å²) in [4.78, 5) is 2.45. The maximum atomic E-state index is 6.66. The van der Waals surface area contributed by atoms with Gasteiger partial charge in [0.05, 0.1) is 12.2 Å². The van der Waals surface area contributed by atoms with Gasteiger partial charge in [-0.25, -0.2) is 0 Å². The van der Waals surface area contributed by atoms with Gasteiger partial charge in [0, 0.05) is 36.0 Å². The number of nitrogens with one attached hydrogen (secondary N) is 1. The molecular weight excluding hydrogens is 322 g/mol. The van der Waals surface area contributed by atoms with E-state index in [1.54, 1.807) is 0 Å². The molecule has 6 rings (SSSR count). The molecule has 3 N–H and O–H groups in total. The van der Waals surface area contributed by atoms with Crippen LogP contribution in [0.1, 0.15) is 46.0 Å². The van der Waals surface area contributed by atoms with Crippen molar-refractivity contribution in [2.24, 2.45) is 23.5 Å². The second-order valence-electron chi connectivity index (χ2n) is 9.71. The van der Waals surface area contributed by atoms with Crippen molar-refractivity contribution in [1.29, 1.82) is 0 Å². The minimum atomic E-state index is 0.155. The number of nitrogens with zero attached hydrogens (tertiary/aromatic N) is 1. The third-order valence-electron chi connectivity index (χ3n) is 7.31. The van der Waals surface area contributed by atoms with E-state index in [2.05, 4.69) is 48.3 Å². The van der Waals surface area contributed by atoms with Crippen LogP contribution in [-0.2, 0) is 4.74 Å². The summed E-state index contributed by atoms with van der Waals surface area (Å²) in [5.41, 5.74) is 9.39. The Kier molecular flexibility index (Phi) is 3.98. The van der Waals surface area contributed by atoms with E-state index in [9.17, 15) is 0 Å². The smallest absolute Gasteiger partial charge is 0.0726 e. The van der Waals surface area contributed by atoms with Gasteiger partial charge in [-0.05, 0) is 88.0 Å². The quantitative estimate of drug-likeness (QED) is 0.869. The van der Waals surface area contributed by atoms with Gasteiger partial charge in [-0.15, -0.1) is 0 Å². The molecule has 1 saturated heterocycles. The first-order valence-electron chi connectivity index (χ1n) is 10.5. The number of hydrogen-bond acceptors (Lipinski definition) is 4. The number of nitrogens with two attached hydrogens (primary N) is 1. The van der Waals surface area contributed by atoms with Crippen LogP contribution in [0.3, 0.4) is 0 Å². The average molecular weight is 356 g/mol. The van der Waals surface area contributed by atoms with Gasteiger partial charge in [0.1, 0.15) is 0 Å². The molecule has 5 aliphatic rings. The van der Waals surface area contributed by atoms with Crippen molar-refractivity contribution < 1.29 is 4.74 Å². The van der Waals surface area contributed by atoms with Crippen molar-refractivity contribution in [3.05, 3.63) is 24.3 Å². The van der Waals surface area contributed by atoms with Crippen LogP contribution in [0.25, 0.3) is 0 Å². The first-order chi connectivity index (χ1) is 12.5. The Morgan fingerprint density at radius 3 is 2.19 bits per heavy atom. The van der Waals surface area contributed by atoms with E-state index in [1.807, 2.05) is 0 Å². The molecule has 4 aliphatic carbocycles. The zero-order chi connectivity index (χ0) is 17.9. The van der Waals surface area contributed by atoms with Gasteiger partial charge in [0.25, 0.3) is 0 Å². The number of rotatable bonds is 3. The van der Waals surface area contributed by atoms with E-state index in [1.165, 1.54) is 43.5 Å². The van der Waals surface area contributed by atoms with Crippen molar-refractivity contribution in [3.8, 4) is 0 Å². The van der Waals surface area contributed by atoms with Crippen LogP contribution in [0.15, 0.2) is 24.3 Å².